The molecule has 3 nitrogen and oxygen atoms in total. The third-order valence-corrected chi connectivity index (χ3v) is 3.13. The number of rotatable bonds is 6. The molecule has 0 saturated carbocycles. The van der Waals surface area contributed by atoms with Crippen LogP contribution in [0.2, 0.25) is 0 Å². The maximum Gasteiger partial charge on any atom is 0.0890 e. The number of hydrogen-bond acceptors (Lipinski definition) is 3. The number of nitrogens with one attached hydrogen (secondary N) is 1. The van der Waals surface area contributed by atoms with Crippen LogP contribution in [0.15, 0.2) is 30.5 Å². The molecule has 0 radical (unpaired) electrons. The van der Waals surface area contributed by atoms with Crippen LogP contribution in [0.25, 0.3) is 11.0 Å². The number of hydrogen-bond donors (Lipinski definition) is 1. The third-order valence-electron chi connectivity index (χ3n) is 3.13. The molecular weight excluding hydrogens is 222 g/mol. The zero-order valence-electron chi connectivity index (χ0n) is 11.2. The second kappa shape index (κ2) is 6.45. The minimum absolute atomic E-state index is 0.500. The molecule has 3 heteroatoms. The minimum atomic E-state index is 0.500. The van der Waals surface area contributed by atoms with Crippen molar-refractivity contribution in [3.8, 4) is 0 Å². The first-order valence-corrected chi connectivity index (χ1v) is 6.77. The normalized spacial score (nSPS) is 12.8. The van der Waals surface area contributed by atoms with Gasteiger partial charge in [-0.3, -0.25) is 4.98 Å². The van der Waals surface area contributed by atoms with Crippen molar-refractivity contribution < 1.29 is 0 Å². The second-order valence-corrected chi connectivity index (χ2v) is 4.61. The third kappa shape index (κ3) is 3.26. The molecule has 2 aromatic rings. The van der Waals surface area contributed by atoms with Crippen LogP contribution in [0, 0.1) is 0 Å². The standard InChI is InChI=1S/C15H21N3/c1-3-9-16-12(4-2)10-13-11-17-14-7-5-6-8-15(14)18-13/h5-8,11-12,16H,3-4,9-10H2,1-2H3. The van der Waals surface area contributed by atoms with E-state index in [1.54, 1.807) is 0 Å². The second-order valence-electron chi connectivity index (χ2n) is 4.61. The van der Waals surface area contributed by atoms with Gasteiger partial charge in [-0.25, -0.2) is 4.98 Å². The van der Waals surface area contributed by atoms with E-state index in [0.717, 1.165) is 36.1 Å². The summed E-state index contributed by atoms with van der Waals surface area (Å²) in [7, 11) is 0. The highest BCUT2D eigenvalue weighted by Gasteiger charge is 2.08. The van der Waals surface area contributed by atoms with Crippen LogP contribution in [0.5, 0.6) is 0 Å². The van der Waals surface area contributed by atoms with Crippen LogP contribution < -0.4 is 5.32 Å². The fourth-order valence-corrected chi connectivity index (χ4v) is 2.06. The van der Waals surface area contributed by atoms with Gasteiger partial charge in [-0.15, -0.1) is 0 Å². The molecule has 0 amide bonds. The molecule has 1 N–H and O–H groups in total. The molecule has 1 aromatic heterocycles. The summed E-state index contributed by atoms with van der Waals surface area (Å²) in [6, 6.07) is 8.52. The Morgan fingerprint density at radius 1 is 1.17 bits per heavy atom. The lowest BCUT2D eigenvalue weighted by Gasteiger charge is -2.15. The van der Waals surface area contributed by atoms with E-state index in [1.165, 1.54) is 6.42 Å². The van der Waals surface area contributed by atoms with Gasteiger partial charge in [0.2, 0.25) is 0 Å². The number of fused-ring (bicyclic) bond motifs is 1. The highest BCUT2D eigenvalue weighted by molar-refractivity contribution is 5.73. The van der Waals surface area contributed by atoms with Gasteiger partial charge in [0.25, 0.3) is 0 Å². The van der Waals surface area contributed by atoms with E-state index in [0.29, 0.717) is 6.04 Å². The van der Waals surface area contributed by atoms with Crippen molar-refractivity contribution >= 4 is 11.0 Å². The number of nitrogens with zero attached hydrogens (tertiary/aromatic N) is 2. The van der Waals surface area contributed by atoms with Gasteiger partial charge in [0.05, 0.1) is 16.7 Å². The van der Waals surface area contributed by atoms with Crippen molar-refractivity contribution in [1.29, 1.82) is 0 Å². The summed E-state index contributed by atoms with van der Waals surface area (Å²) in [5.41, 5.74) is 3.03. The maximum absolute atomic E-state index is 4.67. The summed E-state index contributed by atoms with van der Waals surface area (Å²) in [6.45, 7) is 5.47. The van der Waals surface area contributed by atoms with Crippen molar-refractivity contribution in [2.75, 3.05) is 6.54 Å². The fraction of sp³-hybridized carbons (Fsp3) is 0.467. The van der Waals surface area contributed by atoms with Crippen LogP contribution >= 0.6 is 0 Å². The van der Waals surface area contributed by atoms with Gasteiger partial charge in [-0.05, 0) is 31.5 Å². The average Bonchev–Trinajstić information content (AvgIpc) is 2.43. The molecule has 96 valence electrons. The molecule has 0 bridgehead atoms. The van der Waals surface area contributed by atoms with Gasteiger partial charge in [0.15, 0.2) is 0 Å². The van der Waals surface area contributed by atoms with Gasteiger partial charge in [-0.1, -0.05) is 26.0 Å². The van der Waals surface area contributed by atoms with Crippen molar-refractivity contribution in [3.05, 3.63) is 36.2 Å². The highest BCUT2D eigenvalue weighted by atomic mass is 14.9. The van der Waals surface area contributed by atoms with Crippen molar-refractivity contribution in [1.82, 2.24) is 15.3 Å². The lowest BCUT2D eigenvalue weighted by atomic mass is 10.1. The lowest BCUT2D eigenvalue weighted by Crippen LogP contribution is -2.31. The molecule has 1 heterocycles. The molecule has 0 aliphatic carbocycles. The minimum Gasteiger partial charge on any atom is -0.314 e. The molecule has 1 atom stereocenters. The number of aromatic nitrogens is 2. The van der Waals surface area contributed by atoms with Crippen LogP contribution in [-0.4, -0.2) is 22.6 Å². The number of benzene rings is 1. The monoisotopic (exact) mass is 243 g/mol. The number of para-hydroxylation sites is 2. The molecule has 0 saturated heterocycles. The molecule has 0 spiro atoms. The van der Waals surface area contributed by atoms with Crippen LogP contribution in [-0.2, 0) is 6.42 Å². The molecule has 0 aliphatic heterocycles. The molecular formula is C15H21N3. The van der Waals surface area contributed by atoms with E-state index >= 15 is 0 Å². The molecule has 0 aliphatic rings. The SMILES string of the molecule is CCCNC(CC)Cc1cnc2ccccc2n1. The van der Waals surface area contributed by atoms with Crippen LogP contribution in [0.3, 0.4) is 0 Å². The summed E-state index contributed by atoms with van der Waals surface area (Å²) in [4.78, 5) is 9.13. The van der Waals surface area contributed by atoms with E-state index in [9.17, 15) is 0 Å². The predicted molar refractivity (Wildman–Crippen MR) is 75.6 cm³/mol. The van der Waals surface area contributed by atoms with Gasteiger partial charge in [0.1, 0.15) is 0 Å². The fourth-order valence-electron chi connectivity index (χ4n) is 2.06. The predicted octanol–water partition coefficient (Wildman–Crippen LogP) is 2.95. The van der Waals surface area contributed by atoms with Crippen LogP contribution in [0.4, 0.5) is 0 Å². The van der Waals surface area contributed by atoms with E-state index < -0.39 is 0 Å². The Hall–Kier alpha value is -1.48. The molecule has 2 rings (SSSR count). The van der Waals surface area contributed by atoms with E-state index in [1.807, 2.05) is 30.5 Å². The lowest BCUT2D eigenvalue weighted by molar-refractivity contribution is 0.490. The zero-order chi connectivity index (χ0) is 12.8. The molecule has 0 fully saturated rings. The Balaban J connectivity index is 2.10. The molecule has 1 unspecified atom stereocenters. The van der Waals surface area contributed by atoms with Crippen molar-refractivity contribution in [2.24, 2.45) is 0 Å². The summed E-state index contributed by atoms with van der Waals surface area (Å²) < 4.78 is 0. The van der Waals surface area contributed by atoms with Gasteiger partial charge < -0.3 is 5.32 Å². The Morgan fingerprint density at radius 3 is 2.67 bits per heavy atom. The quantitative estimate of drug-likeness (QED) is 0.847. The Morgan fingerprint density at radius 2 is 1.94 bits per heavy atom. The first kappa shape index (κ1) is 13.0. The summed E-state index contributed by atoms with van der Waals surface area (Å²) in [5, 5.41) is 3.55. The van der Waals surface area contributed by atoms with E-state index in [2.05, 4.69) is 29.1 Å². The van der Waals surface area contributed by atoms with Crippen molar-refractivity contribution in [2.45, 2.75) is 39.2 Å². The largest absolute Gasteiger partial charge is 0.314 e. The zero-order valence-corrected chi connectivity index (χ0v) is 11.2. The first-order valence-electron chi connectivity index (χ1n) is 6.77. The van der Waals surface area contributed by atoms with E-state index in [-0.39, 0.29) is 0 Å². The highest BCUT2D eigenvalue weighted by Crippen LogP contribution is 2.10. The van der Waals surface area contributed by atoms with E-state index in [4.69, 9.17) is 0 Å². The smallest absolute Gasteiger partial charge is 0.0890 e. The van der Waals surface area contributed by atoms with Gasteiger partial charge >= 0.3 is 0 Å². The molecule has 1 aromatic carbocycles. The topological polar surface area (TPSA) is 37.8 Å². The summed E-state index contributed by atoms with van der Waals surface area (Å²) >= 11 is 0. The average molecular weight is 243 g/mol. The Labute approximate surface area is 109 Å². The summed E-state index contributed by atoms with van der Waals surface area (Å²) in [6.07, 6.45) is 5.14. The van der Waals surface area contributed by atoms with Crippen molar-refractivity contribution in [3.63, 3.8) is 0 Å². The maximum atomic E-state index is 4.67. The first-order chi connectivity index (χ1) is 8.83. The Bertz CT molecular complexity index is 496. The van der Waals surface area contributed by atoms with Gasteiger partial charge in [-0.2, -0.15) is 0 Å². The van der Waals surface area contributed by atoms with Crippen LogP contribution in [0.1, 0.15) is 32.4 Å². The summed E-state index contributed by atoms with van der Waals surface area (Å²) in [5.74, 6) is 0. The van der Waals surface area contributed by atoms with Gasteiger partial charge in [0, 0.05) is 18.7 Å². The Kier molecular flexibility index (Phi) is 4.65. The molecule has 18 heavy (non-hydrogen) atoms.